The van der Waals surface area contributed by atoms with Crippen LogP contribution in [0.4, 0.5) is 17.2 Å². The van der Waals surface area contributed by atoms with Gasteiger partial charge in [-0.05, 0) is 37.1 Å². The zero-order chi connectivity index (χ0) is 16.9. The van der Waals surface area contributed by atoms with Crippen molar-refractivity contribution >= 4 is 29.0 Å². The smallest absolute Gasteiger partial charge is 0.247 e. The van der Waals surface area contributed by atoms with E-state index in [4.69, 9.17) is 0 Å². The fourth-order valence-electron chi connectivity index (χ4n) is 2.85. The van der Waals surface area contributed by atoms with E-state index in [1.807, 2.05) is 30.3 Å². The molecule has 6 nitrogen and oxygen atoms in total. The SMILES string of the molecule is CC(=O)N1CCCC1C(=O)Nc1ccc(Nc2ccccc2)nc1. The van der Waals surface area contributed by atoms with Crippen LogP contribution in [0.3, 0.4) is 0 Å². The molecule has 1 aromatic heterocycles. The second kappa shape index (κ2) is 7.12. The lowest BCUT2D eigenvalue weighted by Gasteiger charge is -2.22. The van der Waals surface area contributed by atoms with Gasteiger partial charge in [-0.25, -0.2) is 4.98 Å². The molecule has 2 aromatic rings. The average Bonchev–Trinajstić information content (AvgIpc) is 3.08. The van der Waals surface area contributed by atoms with Crippen molar-refractivity contribution in [1.29, 1.82) is 0 Å². The molecular weight excluding hydrogens is 304 g/mol. The number of anilines is 3. The second-order valence-electron chi connectivity index (χ2n) is 5.78. The molecule has 0 radical (unpaired) electrons. The van der Waals surface area contributed by atoms with Gasteiger partial charge in [-0.1, -0.05) is 18.2 Å². The summed E-state index contributed by atoms with van der Waals surface area (Å²) < 4.78 is 0. The Morgan fingerprint density at radius 3 is 2.58 bits per heavy atom. The molecule has 2 heterocycles. The van der Waals surface area contributed by atoms with Crippen LogP contribution in [0.15, 0.2) is 48.7 Å². The number of pyridine rings is 1. The van der Waals surface area contributed by atoms with Crippen molar-refractivity contribution in [2.45, 2.75) is 25.8 Å². The Morgan fingerprint density at radius 2 is 1.92 bits per heavy atom. The minimum Gasteiger partial charge on any atom is -0.340 e. The van der Waals surface area contributed by atoms with Crippen molar-refractivity contribution in [2.24, 2.45) is 0 Å². The Labute approximate surface area is 140 Å². The molecule has 1 aromatic carbocycles. The van der Waals surface area contributed by atoms with Crippen molar-refractivity contribution in [2.75, 3.05) is 17.2 Å². The maximum atomic E-state index is 12.4. The van der Waals surface area contributed by atoms with Gasteiger partial charge in [0.1, 0.15) is 11.9 Å². The van der Waals surface area contributed by atoms with Gasteiger partial charge < -0.3 is 15.5 Å². The van der Waals surface area contributed by atoms with E-state index < -0.39 is 0 Å². The van der Waals surface area contributed by atoms with E-state index in [-0.39, 0.29) is 17.9 Å². The van der Waals surface area contributed by atoms with Gasteiger partial charge in [-0.15, -0.1) is 0 Å². The lowest BCUT2D eigenvalue weighted by molar-refractivity contribution is -0.134. The van der Waals surface area contributed by atoms with Crippen LogP contribution >= 0.6 is 0 Å². The summed E-state index contributed by atoms with van der Waals surface area (Å²) >= 11 is 0. The third kappa shape index (κ3) is 3.71. The summed E-state index contributed by atoms with van der Waals surface area (Å²) in [6, 6.07) is 13.0. The number of carbonyl (C=O) groups excluding carboxylic acids is 2. The number of likely N-dealkylation sites (tertiary alicyclic amines) is 1. The summed E-state index contributed by atoms with van der Waals surface area (Å²) in [7, 11) is 0. The van der Waals surface area contributed by atoms with Crippen LogP contribution in [0.25, 0.3) is 0 Å². The summed E-state index contributed by atoms with van der Waals surface area (Å²) in [5, 5.41) is 6.02. The second-order valence-corrected chi connectivity index (χ2v) is 5.78. The first kappa shape index (κ1) is 16.0. The predicted molar refractivity (Wildman–Crippen MR) is 93.0 cm³/mol. The molecule has 0 bridgehead atoms. The molecular formula is C18H20N4O2. The van der Waals surface area contributed by atoms with Gasteiger partial charge in [-0.2, -0.15) is 0 Å². The maximum absolute atomic E-state index is 12.4. The molecule has 0 aliphatic carbocycles. The number of para-hydroxylation sites is 1. The highest BCUT2D eigenvalue weighted by Crippen LogP contribution is 2.20. The minimum atomic E-state index is -0.385. The van der Waals surface area contributed by atoms with Crippen LogP contribution in [0.2, 0.25) is 0 Å². The summed E-state index contributed by atoms with van der Waals surface area (Å²) in [6.07, 6.45) is 3.17. The molecule has 1 aliphatic rings. The Morgan fingerprint density at radius 1 is 1.12 bits per heavy atom. The highest BCUT2D eigenvalue weighted by Gasteiger charge is 2.32. The first-order valence-electron chi connectivity index (χ1n) is 8.00. The van der Waals surface area contributed by atoms with E-state index in [0.717, 1.165) is 12.1 Å². The van der Waals surface area contributed by atoms with Crippen molar-refractivity contribution in [3.05, 3.63) is 48.7 Å². The summed E-state index contributed by atoms with van der Waals surface area (Å²) in [6.45, 7) is 2.14. The monoisotopic (exact) mass is 324 g/mol. The Hall–Kier alpha value is -2.89. The highest BCUT2D eigenvalue weighted by atomic mass is 16.2. The molecule has 2 N–H and O–H groups in total. The lowest BCUT2D eigenvalue weighted by atomic mass is 10.2. The van der Waals surface area contributed by atoms with Crippen LogP contribution in [-0.4, -0.2) is 34.3 Å². The standard InChI is InChI=1S/C18H20N4O2/c1-13(23)22-11-5-8-16(22)18(24)21-15-9-10-17(19-12-15)20-14-6-3-2-4-7-14/h2-4,6-7,9-10,12,16H,5,8,11H2,1H3,(H,19,20)(H,21,24). The summed E-state index contributed by atoms with van der Waals surface area (Å²) in [4.78, 5) is 29.8. The number of hydrogen-bond acceptors (Lipinski definition) is 4. The molecule has 6 heteroatoms. The molecule has 1 aliphatic heterocycles. The topological polar surface area (TPSA) is 74.3 Å². The van der Waals surface area contributed by atoms with Gasteiger partial charge in [0.05, 0.1) is 11.9 Å². The summed E-state index contributed by atoms with van der Waals surface area (Å²) in [5.41, 5.74) is 1.57. The first-order chi connectivity index (χ1) is 11.6. The zero-order valence-electron chi connectivity index (χ0n) is 13.5. The predicted octanol–water partition coefficient (Wildman–Crippen LogP) is 2.77. The maximum Gasteiger partial charge on any atom is 0.247 e. The van der Waals surface area contributed by atoms with Gasteiger partial charge >= 0.3 is 0 Å². The van der Waals surface area contributed by atoms with Crippen LogP contribution < -0.4 is 10.6 Å². The van der Waals surface area contributed by atoms with Gasteiger partial charge in [-0.3, -0.25) is 9.59 Å². The highest BCUT2D eigenvalue weighted by molar-refractivity contribution is 5.97. The molecule has 3 rings (SSSR count). The Kier molecular flexibility index (Phi) is 4.74. The van der Waals surface area contributed by atoms with Gasteiger partial charge in [0, 0.05) is 19.2 Å². The van der Waals surface area contributed by atoms with Crippen molar-refractivity contribution in [3.63, 3.8) is 0 Å². The average molecular weight is 324 g/mol. The fourth-order valence-corrected chi connectivity index (χ4v) is 2.85. The number of carbonyl (C=O) groups is 2. The minimum absolute atomic E-state index is 0.0619. The van der Waals surface area contributed by atoms with Crippen molar-refractivity contribution in [3.8, 4) is 0 Å². The Balaban J connectivity index is 1.62. The van der Waals surface area contributed by atoms with E-state index in [0.29, 0.717) is 24.5 Å². The molecule has 1 saturated heterocycles. The van der Waals surface area contributed by atoms with Crippen LogP contribution in [0.1, 0.15) is 19.8 Å². The largest absolute Gasteiger partial charge is 0.340 e. The van der Waals surface area contributed by atoms with Crippen molar-refractivity contribution in [1.82, 2.24) is 9.88 Å². The number of hydrogen-bond donors (Lipinski definition) is 2. The molecule has 1 atom stereocenters. The van der Waals surface area contributed by atoms with Crippen LogP contribution in [-0.2, 0) is 9.59 Å². The first-order valence-corrected chi connectivity index (χ1v) is 8.00. The molecule has 0 saturated carbocycles. The summed E-state index contributed by atoms with van der Waals surface area (Å²) in [5.74, 6) is 0.479. The quantitative estimate of drug-likeness (QED) is 0.907. The van der Waals surface area contributed by atoms with Crippen LogP contribution in [0.5, 0.6) is 0 Å². The van der Waals surface area contributed by atoms with Gasteiger partial charge in [0.15, 0.2) is 0 Å². The van der Waals surface area contributed by atoms with E-state index in [2.05, 4.69) is 15.6 Å². The number of benzene rings is 1. The lowest BCUT2D eigenvalue weighted by Crippen LogP contribution is -2.42. The third-order valence-electron chi connectivity index (χ3n) is 4.04. The third-order valence-corrected chi connectivity index (χ3v) is 4.04. The van der Waals surface area contributed by atoms with E-state index >= 15 is 0 Å². The number of nitrogens with one attached hydrogen (secondary N) is 2. The molecule has 2 amide bonds. The number of aromatic nitrogens is 1. The van der Waals surface area contributed by atoms with E-state index in [9.17, 15) is 9.59 Å². The number of amides is 2. The zero-order valence-corrected chi connectivity index (χ0v) is 13.5. The Bertz CT molecular complexity index is 716. The fraction of sp³-hybridized carbons (Fsp3) is 0.278. The molecule has 1 fully saturated rings. The van der Waals surface area contributed by atoms with E-state index in [1.165, 1.54) is 6.92 Å². The number of nitrogens with zero attached hydrogens (tertiary/aromatic N) is 2. The molecule has 1 unspecified atom stereocenters. The van der Waals surface area contributed by atoms with Gasteiger partial charge in [0.2, 0.25) is 11.8 Å². The normalized spacial score (nSPS) is 16.7. The molecule has 124 valence electrons. The van der Waals surface area contributed by atoms with Gasteiger partial charge in [0.25, 0.3) is 0 Å². The van der Waals surface area contributed by atoms with Crippen molar-refractivity contribution < 1.29 is 9.59 Å². The van der Waals surface area contributed by atoms with E-state index in [1.54, 1.807) is 23.2 Å². The van der Waals surface area contributed by atoms with Crippen LogP contribution in [0, 0.1) is 0 Å². The number of rotatable bonds is 4. The molecule has 0 spiro atoms. The molecule has 24 heavy (non-hydrogen) atoms.